The summed E-state index contributed by atoms with van der Waals surface area (Å²) < 4.78 is 5.60. The van der Waals surface area contributed by atoms with E-state index in [0.717, 1.165) is 67.3 Å². The number of ether oxygens (including phenoxy) is 1. The van der Waals surface area contributed by atoms with E-state index < -0.39 is 0 Å². The summed E-state index contributed by atoms with van der Waals surface area (Å²) in [6.07, 6.45) is 6.34. The van der Waals surface area contributed by atoms with Crippen molar-refractivity contribution in [2.24, 2.45) is 5.92 Å². The molecule has 0 unspecified atom stereocenters. The lowest BCUT2D eigenvalue weighted by atomic mass is 9.96. The van der Waals surface area contributed by atoms with E-state index in [2.05, 4.69) is 39.2 Å². The molecular weight excluding hydrogens is 400 g/mol. The number of anilines is 1. The van der Waals surface area contributed by atoms with Crippen LogP contribution >= 0.6 is 0 Å². The third kappa shape index (κ3) is 5.63. The zero-order chi connectivity index (χ0) is 22.2. The van der Waals surface area contributed by atoms with Crippen molar-refractivity contribution in [1.29, 1.82) is 0 Å². The molecule has 1 aromatic heterocycles. The number of nitrogens with one attached hydrogen (secondary N) is 1. The molecule has 2 aromatic carbocycles. The van der Waals surface area contributed by atoms with Crippen LogP contribution in [-0.4, -0.2) is 35.6 Å². The molecule has 0 bridgehead atoms. The molecule has 1 amide bonds. The molecule has 1 N–H and O–H groups in total. The third-order valence-electron chi connectivity index (χ3n) is 5.76. The Morgan fingerprint density at radius 2 is 1.69 bits per heavy atom. The number of rotatable bonds is 8. The molecule has 1 saturated heterocycles. The Hall–Kier alpha value is -3.41. The fourth-order valence-electron chi connectivity index (χ4n) is 3.86. The van der Waals surface area contributed by atoms with Crippen molar-refractivity contribution < 1.29 is 9.53 Å². The molecule has 4 rings (SSSR count). The number of aromatic nitrogens is 2. The second-order valence-electron chi connectivity index (χ2n) is 8.11. The van der Waals surface area contributed by atoms with Gasteiger partial charge < -0.3 is 15.0 Å². The van der Waals surface area contributed by atoms with Gasteiger partial charge in [-0.3, -0.25) is 4.79 Å². The molecule has 0 aliphatic carbocycles. The predicted octanol–water partition coefficient (Wildman–Crippen LogP) is 4.47. The van der Waals surface area contributed by atoms with Gasteiger partial charge in [0, 0.05) is 43.5 Å². The summed E-state index contributed by atoms with van der Waals surface area (Å²) in [7, 11) is 0. The van der Waals surface area contributed by atoms with Crippen LogP contribution < -0.4 is 15.0 Å². The molecule has 6 heteroatoms. The van der Waals surface area contributed by atoms with Gasteiger partial charge in [0.1, 0.15) is 5.75 Å². The minimum absolute atomic E-state index is 0.0296. The van der Waals surface area contributed by atoms with Gasteiger partial charge >= 0.3 is 0 Å². The molecule has 6 nitrogen and oxygen atoms in total. The zero-order valence-corrected chi connectivity index (χ0v) is 18.5. The van der Waals surface area contributed by atoms with Crippen molar-refractivity contribution in [3.8, 4) is 16.9 Å². The van der Waals surface area contributed by atoms with Crippen LogP contribution in [0.1, 0.15) is 31.7 Å². The standard InChI is InChI=1S/C26H30N4O2/c1-2-16-32-24-10-8-20(9-11-24)17-27-25(31)22-12-14-30(15-13-22)26-28-18-23(19-29-26)21-6-4-3-5-7-21/h3-11,18-19,22H,2,12-17H2,1H3,(H,27,31). The normalized spacial score (nSPS) is 14.2. The van der Waals surface area contributed by atoms with Gasteiger partial charge in [-0.1, -0.05) is 49.4 Å². The van der Waals surface area contributed by atoms with E-state index in [-0.39, 0.29) is 11.8 Å². The van der Waals surface area contributed by atoms with Gasteiger partial charge in [0.2, 0.25) is 11.9 Å². The first-order chi connectivity index (χ1) is 15.7. The van der Waals surface area contributed by atoms with Crippen molar-refractivity contribution in [2.45, 2.75) is 32.7 Å². The fourth-order valence-corrected chi connectivity index (χ4v) is 3.86. The highest BCUT2D eigenvalue weighted by Gasteiger charge is 2.26. The van der Waals surface area contributed by atoms with E-state index in [4.69, 9.17) is 4.74 Å². The molecule has 0 spiro atoms. The van der Waals surface area contributed by atoms with Gasteiger partial charge in [-0.2, -0.15) is 0 Å². The number of nitrogens with zero attached hydrogens (tertiary/aromatic N) is 3. The quantitative estimate of drug-likeness (QED) is 0.571. The van der Waals surface area contributed by atoms with E-state index in [1.807, 2.05) is 54.9 Å². The van der Waals surface area contributed by atoms with Gasteiger partial charge in [0.05, 0.1) is 6.61 Å². The van der Waals surface area contributed by atoms with Crippen LogP contribution in [0.4, 0.5) is 5.95 Å². The molecule has 0 radical (unpaired) electrons. The van der Waals surface area contributed by atoms with Crippen molar-refractivity contribution in [1.82, 2.24) is 15.3 Å². The number of carbonyl (C=O) groups is 1. The summed E-state index contributed by atoms with van der Waals surface area (Å²) in [6.45, 7) is 4.91. The second-order valence-corrected chi connectivity index (χ2v) is 8.11. The summed E-state index contributed by atoms with van der Waals surface area (Å²) in [5.74, 6) is 1.75. The Morgan fingerprint density at radius 3 is 2.34 bits per heavy atom. The fraction of sp³-hybridized carbons (Fsp3) is 0.346. The van der Waals surface area contributed by atoms with Crippen LogP contribution in [0, 0.1) is 5.92 Å². The third-order valence-corrected chi connectivity index (χ3v) is 5.76. The first-order valence-corrected chi connectivity index (χ1v) is 11.3. The van der Waals surface area contributed by atoms with E-state index >= 15 is 0 Å². The molecule has 0 saturated carbocycles. The van der Waals surface area contributed by atoms with Gasteiger partial charge in [0.25, 0.3) is 0 Å². The van der Waals surface area contributed by atoms with E-state index in [0.29, 0.717) is 6.54 Å². The van der Waals surface area contributed by atoms with E-state index in [1.54, 1.807) is 0 Å². The number of benzene rings is 2. The highest BCUT2D eigenvalue weighted by Crippen LogP contribution is 2.23. The van der Waals surface area contributed by atoms with Crippen molar-refractivity contribution in [2.75, 3.05) is 24.6 Å². The maximum absolute atomic E-state index is 12.6. The maximum atomic E-state index is 12.6. The van der Waals surface area contributed by atoms with Crippen LogP contribution in [-0.2, 0) is 11.3 Å². The SMILES string of the molecule is CCCOc1ccc(CNC(=O)C2CCN(c3ncc(-c4ccccc4)cn3)CC2)cc1. The summed E-state index contributed by atoms with van der Waals surface area (Å²) in [4.78, 5) is 23.9. The van der Waals surface area contributed by atoms with Crippen LogP contribution in [0.15, 0.2) is 67.0 Å². The number of amides is 1. The Balaban J connectivity index is 1.24. The van der Waals surface area contributed by atoms with Gasteiger partial charge in [-0.25, -0.2) is 9.97 Å². The van der Waals surface area contributed by atoms with E-state index in [9.17, 15) is 4.79 Å². The van der Waals surface area contributed by atoms with Gasteiger partial charge in [-0.15, -0.1) is 0 Å². The smallest absolute Gasteiger partial charge is 0.225 e. The molecule has 0 atom stereocenters. The van der Waals surface area contributed by atoms with Crippen LogP contribution in [0.5, 0.6) is 5.75 Å². The van der Waals surface area contributed by atoms with Gasteiger partial charge in [-0.05, 0) is 42.5 Å². The Labute approximate surface area is 189 Å². The lowest BCUT2D eigenvalue weighted by Crippen LogP contribution is -2.41. The highest BCUT2D eigenvalue weighted by atomic mass is 16.5. The average molecular weight is 431 g/mol. The van der Waals surface area contributed by atoms with Gasteiger partial charge in [0.15, 0.2) is 0 Å². The molecule has 166 valence electrons. The average Bonchev–Trinajstić information content (AvgIpc) is 2.87. The number of hydrogen-bond acceptors (Lipinski definition) is 5. The highest BCUT2D eigenvalue weighted by molar-refractivity contribution is 5.79. The summed E-state index contributed by atoms with van der Waals surface area (Å²) in [5.41, 5.74) is 3.19. The molecule has 1 fully saturated rings. The Kier molecular flexibility index (Phi) is 7.33. The summed E-state index contributed by atoms with van der Waals surface area (Å²) in [5, 5.41) is 3.08. The Bertz CT molecular complexity index is 983. The van der Waals surface area contributed by atoms with Crippen molar-refractivity contribution >= 4 is 11.9 Å². The molecular formula is C26H30N4O2. The molecule has 1 aliphatic rings. The molecule has 3 aromatic rings. The van der Waals surface area contributed by atoms with Crippen molar-refractivity contribution in [3.63, 3.8) is 0 Å². The number of carbonyl (C=O) groups excluding carboxylic acids is 1. The maximum Gasteiger partial charge on any atom is 0.225 e. The zero-order valence-electron chi connectivity index (χ0n) is 18.5. The molecule has 32 heavy (non-hydrogen) atoms. The number of piperidine rings is 1. The Morgan fingerprint density at radius 1 is 1.00 bits per heavy atom. The first kappa shape index (κ1) is 21.8. The lowest BCUT2D eigenvalue weighted by molar-refractivity contribution is -0.125. The lowest BCUT2D eigenvalue weighted by Gasteiger charge is -2.31. The minimum atomic E-state index is 0.0296. The topological polar surface area (TPSA) is 67.3 Å². The van der Waals surface area contributed by atoms with Crippen LogP contribution in [0.25, 0.3) is 11.1 Å². The number of hydrogen-bond donors (Lipinski definition) is 1. The minimum Gasteiger partial charge on any atom is -0.494 e. The summed E-state index contributed by atoms with van der Waals surface area (Å²) >= 11 is 0. The monoisotopic (exact) mass is 430 g/mol. The largest absolute Gasteiger partial charge is 0.494 e. The van der Waals surface area contributed by atoms with Crippen LogP contribution in [0.2, 0.25) is 0 Å². The first-order valence-electron chi connectivity index (χ1n) is 11.3. The summed E-state index contributed by atoms with van der Waals surface area (Å²) in [6, 6.07) is 18.0. The van der Waals surface area contributed by atoms with E-state index in [1.165, 1.54) is 0 Å². The molecule has 1 aliphatic heterocycles. The van der Waals surface area contributed by atoms with Crippen molar-refractivity contribution in [3.05, 3.63) is 72.6 Å². The second kappa shape index (κ2) is 10.8. The predicted molar refractivity (Wildman–Crippen MR) is 126 cm³/mol. The van der Waals surface area contributed by atoms with Crippen LogP contribution in [0.3, 0.4) is 0 Å². The molecule has 2 heterocycles.